The van der Waals surface area contributed by atoms with Gasteiger partial charge in [0, 0.05) is 18.1 Å². The van der Waals surface area contributed by atoms with Crippen molar-refractivity contribution in [3.63, 3.8) is 0 Å². The summed E-state index contributed by atoms with van der Waals surface area (Å²) < 4.78 is 4.57. The van der Waals surface area contributed by atoms with E-state index in [0.717, 1.165) is 17.8 Å². The van der Waals surface area contributed by atoms with Crippen molar-refractivity contribution in [3.05, 3.63) is 102 Å². The number of hydrogen-bond donors (Lipinski definition) is 0. The second kappa shape index (κ2) is 6.64. The molecule has 0 saturated heterocycles. The van der Waals surface area contributed by atoms with Crippen molar-refractivity contribution in [1.82, 2.24) is 9.55 Å². The Balaban J connectivity index is 1.59. The molecular formula is C28H24N3+. The molecule has 31 heavy (non-hydrogen) atoms. The summed E-state index contributed by atoms with van der Waals surface area (Å²) in [5.41, 5.74) is 12.4. The molecule has 1 aliphatic rings. The van der Waals surface area contributed by atoms with Crippen molar-refractivity contribution in [2.24, 2.45) is 7.05 Å². The van der Waals surface area contributed by atoms with Gasteiger partial charge in [0.2, 0.25) is 5.69 Å². The van der Waals surface area contributed by atoms with Crippen molar-refractivity contribution in [2.45, 2.75) is 20.3 Å². The zero-order valence-corrected chi connectivity index (χ0v) is 18.1. The maximum Gasteiger partial charge on any atom is 0.213 e. The Hall–Kier alpha value is -3.72. The Bertz CT molecular complexity index is 1480. The molecule has 2 aromatic heterocycles. The Morgan fingerprint density at radius 2 is 1.61 bits per heavy atom. The lowest BCUT2D eigenvalue weighted by Gasteiger charge is -2.11. The van der Waals surface area contributed by atoms with Gasteiger partial charge in [-0.05, 0) is 54.3 Å². The fourth-order valence-corrected chi connectivity index (χ4v) is 4.97. The maximum atomic E-state index is 4.96. The highest BCUT2D eigenvalue weighted by molar-refractivity contribution is 5.87. The number of pyridine rings is 1. The molecule has 3 heteroatoms. The average molecular weight is 403 g/mol. The molecule has 1 aliphatic heterocycles. The lowest BCUT2D eigenvalue weighted by molar-refractivity contribution is -0.660. The van der Waals surface area contributed by atoms with E-state index >= 15 is 0 Å². The molecule has 0 saturated carbocycles. The molecule has 0 unspecified atom stereocenters. The maximum absolute atomic E-state index is 4.96. The highest BCUT2D eigenvalue weighted by atomic mass is 15.1. The van der Waals surface area contributed by atoms with Gasteiger partial charge in [0.1, 0.15) is 12.9 Å². The lowest BCUT2D eigenvalue weighted by Crippen LogP contribution is -2.31. The summed E-state index contributed by atoms with van der Waals surface area (Å²) in [7, 11) is 2.14. The summed E-state index contributed by atoms with van der Waals surface area (Å²) in [6.45, 7) is 4.37. The van der Waals surface area contributed by atoms with E-state index in [2.05, 4.69) is 109 Å². The van der Waals surface area contributed by atoms with Crippen LogP contribution in [0.3, 0.4) is 0 Å². The van der Waals surface area contributed by atoms with Gasteiger partial charge in [-0.2, -0.15) is 0 Å². The SMILES string of the molecule is Cc1c[n+](C)c(-c2cc3c(cc2C)nc2n3-c3ccccc3C2)cc1-c1ccccc1. The van der Waals surface area contributed by atoms with Crippen LogP contribution in [0.25, 0.3) is 39.1 Å². The Morgan fingerprint density at radius 3 is 2.45 bits per heavy atom. The number of rotatable bonds is 2. The summed E-state index contributed by atoms with van der Waals surface area (Å²) in [6, 6.07) is 26.2. The second-order valence-electron chi connectivity index (χ2n) is 8.56. The molecule has 0 bridgehead atoms. The molecule has 0 amide bonds. The molecule has 3 heterocycles. The highest BCUT2D eigenvalue weighted by Gasteiger charge is 2.24. The summed E-state index contributed by atoms with van der Waals surface area (Å²) in [5.74, 6) is 1.13. The molecule has 6 rings (SSSR count). The van der Waals surface area contributed by atoms with Crippen molar-refractivity contribution < 1.29 is 4.57 Å². The van der Waals surface area contributed by atoms with Crippen LogP contribution in [0.1, 0.15) is 22.5 Å². The minimum atomic E-state index is 0.899. The zero-order chi connectivity index (χ0) is 21.1. The molecular weight excluding hydrogens is 378 g/mol. The normalized spacial score (nSPS) is 12.2. The van der Waals surface area contributed by atoms with Crippen LogP contribution in [0, 0.1) is 13.8 Å². The van der Waals surface area contributed by atoms with Crippen LogP contribution in [0.2, 0.25) is 0 Å². The molecule has 0 fully saturated rings. The van der Waals surface area contributed by atoms with Crippen LogP contribution in [-0.2, 0) is 13.5 Å². The lowest BCUT2D eigenvalue weighted by atomic mass is 9.97. The number of aryl methyl sites for hydroxylation is 3. The van der Waals surface area contributed by atoms with E-state index in [-0.39, 0.29) is 0 Å². The second-order valence-corrected chi connectivity index (χ2v) is 8.56. The van der Waals surface area contributed by atoms with Crippen molar-refractivity contribution in [1.29, 1.82) is 0 Å². The van der Waals surface area contributed by atoms with Crippen molar-refractivity contribution in [2.75, 3.05) is 0 Å². The van der Waals surface area contributed by atoms with E-state index in [1.165, 1.54) is 50.3 Å². The molecule has 3 aromatic carbocycles. The highest BCUT2D eigenvalue weighted by Crippen LogP contribution is 2.35. The van der Waals surface area contributed by atoms with Gasteiger partial charge >= 0.3 is 0 Å². The van der Waals surface area contributed by atoms with E-state index in [1.54, 1.807) is 0 Å². The number of para-hydroxylation sites is 1. The van der Waals surface area contributed by atoms with Gasteiger partial charge in [-0.25, -0.2) is 9.55 Å². The van der Waals surface area contributed by atoms with Gasteiger partial charge in [-0.1, -0.05) is 48.5 Å². The Morgan fingerprint density at radius 1 is 0.839 bits per heavy atom. The smallest absolute Gasteiger partial charge is 0.213 e. The molecule has 0 radical (unpaired) electrons. The standard InChI is InChI=1S/C28H24N3/c1-18-13-24-27(31-25-12-8-7-11-21(25)14-28(31)29-24)16-23(18)26-15-22(19(2)17-30(26)3)20-9-5-4-6-10-20/h4-13,15-17H,14H2,1-3H3/q+1. The number of nitrogens with zero attached hydrogens (tertiary/aromatic N) is 3. The molecule has 3 nitrogen and oxygen atoms in total. The first-order chi connectivity index (χ1) is 15.1. The predicted molar refractivity (Wildman–Crippen MR) is 125 cm³/mol. The Labute approximate surface area is 182 Å². The number of benzene rings is 3. The van der Waals surface area contributed by atoms with Crippen LogP contribution in [0.15, 0.2) is 79.0 Å². The number of imidazole rings is 1. The minimum Gasteiger partial charge on any atom is -0.296 e. The van der Waals surface area contributed by atoms with E-state index in [4.69, 9.17) is 4.98 Å². The predicted octanol–water partition coefficient (Wildman–Crippen LogP) is 5.71. The van der Waals surface area contributed by atoms with Gasteiger partial charge in [0.15, 0.2) is 6.20 Å². The van der Waals surface area contributed by atoms with Gasteiger partial charge in [-0.3, -0.25) is 4.57 Å². The first-order valence-electron chi connectivity index (χ1n) is 10.8. The fraction of sp³-hybridized carbons (Fsp3) is 0.143. The third-order valence-corrected chi connectivity index (χ3v) is 6.49. The van der Waals surface area contributed by atoms with Crippen LogP contribution >= 0.6 is 0 Å². The zero-order valence-electron chi connectivity index (χ0n) is 18.1. The quantitative estimate of drug-likeness (QED) is 0.340. The van der Waals surface area contributed by atoms with Gasteiger partial charge < -0.3 is 0 Å². The number of hydrogen-bond acceptors (Lipinski definition) is 1. The summed E-state index contributed by atoms with van der Waals surface area (Å²) in [5, 5.41) is 0. The third kappa shape index (κ3) is 2.73. The van der Waals surface area contributed by atoms with Gasteiger partial charge in [0.25, 0.3) is 0 Å². The number of aromatic nitrogens is 3. The van der Waals surface area contributed by atoms with Crippen molar-refractivity contribution >= 4 is 11.0 Å². The van der Waals surface area contributed by atoms with E-state index < -0.39 is 0 Å². The summed E-state index contributed by atoms with van der Waals surface area (Å²) >= 11 is 0. The number of fused-ring (bicyclic) bond motifs is 5. The van der Waals surface area contributed by atoms with Gasteiger partial charge in [-0.15, -0.1) is 0 Å². The van der Waals surface area contributed by atoms with Crippen LogP contribution < -0.4 is 4.57 Å². The molecule has 0 atom stereocenters. The third-order valence-electron chi connectivity index (χ3n) is 6.49. The van der Waals surface area contributed by atoms with Crippen LogP contribution in [-0.4, -0.2) is 9.55 Å². The molecule has 0 spiro atoms. The first kappa shape index (κ1) is 18.1. The fourth-order valence-electron chi connectivity index (χ4n) is 4.97. The minimum absolute atomic E-state index is 0.899. The van der Waals surface area contributed by atoms with E-state index in [1.807, 2.05) is 0 Å². The van der Waals surface area contributed by atoms with Crippen LogP contribution in [0.5, 0.6) is 0 Å². The summed E-state index contributed by atoms with van der Waals surface area (Å²) in [6.07, 6.45) is 3.13. The largest absolute Gasteiger partial charge is 0.296 e. The average Bonchev–Trinajstić information content (AvgIpc) is 3.29. The molecule has 0 N–H and O–H groups in total. The molecule has 5 aromatic rings. The van der Waals surface area contributed by atoms with Crippen molar-refractivity contribution in [3.8, 4) is 28.1 Å². The topological polar surface area (TPSA) is 21.7 Å². The molecule has 150 valence electrons. The summed E-state index contributed by atoms with van der Waals surface area (Å²) in [4.78, 5) is 4.96. The Kier molecular flexibility index (Phi) is 3.87. The van der Waals surface area contributed by atoms with E-state index in [9.17, 15) is 0 Å². The molecule has 0 aliphatic carbocycles. The van der Waals surface area contributed by atoms with Gasteiger partial charge in [0.05, 0.1) is 22.3 Å². The van der Waals surface area contributed by atoms with Crippen LogP contribution in [0.4, 0.5) is 0 Å². The van der Waals surface area contributed by atoms with E-state index in [0.29, 0.717) is 0 Å². The first-order valence-corrected chi connectivity index (χ1v) is 10.8. The monoisotopic (exact) mass is 402 g/mol.